The van der Waals surface area contributed by atoms with Gasteiger partial charge in [0, 0.05) is 47.4 Å². The molecule has 140 valence electrons. The molecule has 1 aromatic rings. The van der Waals surface area contributed by atoms with E-state index in [1.807, 2.05) is 20.2 Å². The topological polar surface area (TPSA) is 58.1 Å². The van der Waals surface area contributed by atoms with Gasteiger partial charge in [0.15, 0.2) is 5.96 Å². The van der Waals surface area contributed by atoms with Crippen LogP contribution in [-0.4, -0.2) is 59.6 Å². The zero-order valence-corrected chi connectivity index (χ0v) is 15.3. The molecule has 1 heterocycles. The van der Waals surface area contributed by atoms with Gasteiger partial charge in [-0.2, -0.15) is 0 Å². The third kappa shape index (κ3) is 6.51. The van der Waals surface area contributed by atoms with E-state index < -0.39 is 0 Å². The van der Waals surface area contributed by atoms with Gasteiger partial charge in [0.2, 0.25) is 0 Å². The fourth-order valence-electron chi connectivity index (χ4n) is 2.60. The minimum absolute atomic E-state index is 0.222. The lowest BCUT2D eigenvalue weighted by molar-refractivity contribution is 0.0420. The molecule has 1 saturated heterocycles. The van der Waals surface area contributed by atoms with Crippen LogP contribution in [0.2, 0.25) is 0 Å². The van der Waals surface area contributed by atoms with Crippen LogP contribution in [0.15, 0.2) is 23.2 Å². The van der Waals surface area contributed by atoms with E-state index in [4.69, 9.17) is 9.47 Å². The summed E-state index contributed by atoms with van der Waals surface area (Å²) < 4.78 is 25.0. The zero-order valence-electron chi connectivity index (χ0n) is 15.3. The van der Waals surface area contributed by atoms with Gasteiger partial charge in [0.1, 0.15) is 5.82 Å². The molecule has 0 spiro atoms. The molecular weight excluding hydrogens is 323 g/mol. The molecule has 1 aliphatic rings. The van der Waals surface area contributed by atoms with Gasteiger partial charge in [-0.15, -0.1) is 0 Å². The summed E-state index contributed by atoms with van der Waals surface area (Å²) in [6.45, 7) is 3.49. The van der Waals surface area contributed by atoms with Crippen molar-refractivity contribution in [3.63, 3.8) is 0 Å². The van der Waals surface area contributed by atoms with E-state index in [1.165, 1.54) is 0 Å². The Kier molecular flexibility index (Phi) is 7.94. The van der Waals surface area contributed by atoms with Crippen LogP contribution in [0.5, 0.6) is 0 Å². The van der Waals surface area contributed by atoms with Crippen LogP contribution in [0.25, 0.3) is 0 Å². The molecule has 1 unspecified atom stereocenters. The summed E-state index contributed by atoms with van der Waals surface area (Å²) >= 11 is 0. The first-order valence-corrected chi connectivity index (χ1v) is 8.69. The Hall–Kier alpha value is -1.86. The van der Waals surface area contributed by atoms with E-state index in [0.29, 0.717) is 31.4 Å². The van der Waals surface area contributed by atoms with Gasteiger partial charge >= 0.3 is 0 Å². The molecule has 2 rings (SSSR count). The minimum atomic E-state index is -0.222. The molecule has 0 saturated carbocycles. The van der Waals surface area contributed by atoms with Crippen molar-refractivity contribution < 1.29 is 13.9 Å². The maximum absolute atomic E-state index is 14.0. The fourth-order valence-corrected chi connectivity index (χ4v) is 2.60. The van der Waals surface area contributed by atoms with Crippen LogP contribution in [0.1, 0.15) is 18.4 Å². The summed E-state index contributed by atoms with van der Waals surface area (Å²) in [6, 6.07) is 5.25. The van der Waals surface area contributed by atoms with Gasteiger partial charge in [-0.1, -0.05) is 6.07 Å². The SMILES string of the molecule is CN=C(NCCCOC1CCOC1)NCc1ccc(N(C)C)c(F)c1. The molecule has 2 N–H and O–H groups in total. The van der Waals surface area contributed by atoms with E-state index in [9.17, 15) is 4.39 Å². The number of nitrogens with zero attached hydrogens (tertiary/aromatic N) is 2. The standard InChI is InChI=1S/C18H29FN4O2/c1-20-18(21-8-4-9-25-15-7-10-24-13-15)22-12-14-5-6-17(23(2)3)16(19)11-14/h5-6,11,15H,4,7-10,12-13H2,1-3H3,(H2,20,21,22). The van der Waals surface area contributed by atoms with Crippen LogP contribution < -0.4 is 15.5 Å². The Morgan fingerprint density at radius 3 is 2.88 bits per heavy atom. The Labute approximate surface area is 149 Å². The van der Waals surface area contributed by atoms with Crippen molar-refractivity contribution in [3.05, 3.63) is 29.6 Å². The number of nitrogens with one attached hydrogen (secondary N) is 2. The molecule has 1 fully saturated rings. The van der Waals surface area contributed by atoms with E-state index in [0.717, 1.165) is 31.6 Å². The summed E-state index contributed by atoms with van der Waals surface area (Å²) in [6.07, 6.45) is 2.13. The average Bonchev–Trinajstić information content (AvgIpc) is 3.10. The molecule has 6 nitrogen and oxygen atoms in total. The van der Waals surface area contributed by atoms with Crippen LogP contribution in [0.3, 0.4) is 0 Å². The number of halogens is 1. The number of guanidine groups is 1. The Morgan fingerprint density at radius 1 is 1.40 bits per heavy atom. The molecule has 25 heavy (non-hydrogen) atoms. The van der Waals surface area contributed by atoms with Crippen molar-refractivity contribution >= 4 is 11.6 Å². The smallest absolute Gasteiger partial charge is 0.191 e. The number of anilines is 1. The lowest BCUT2D eigenvalue weighted by atomic mass is 10.2. The van der Waals surface area contributed by atoms with E-state index in [2.05, 4.69) is 15.6 Å². The molecule has 1 atom stereocenters. The normalized spacial score (nSPS) is 17.6. The van der Waals surface area contributed by atoms with Crippen molar-refractivity contribution in [2.45, 2.75) is 25.5 Å². The second-order valence-electron chi connectivity index (χ2n) is 6.24. The van der Waals surface area contributed by atoms with Crippen LogP contribution in [0, 0.1) is 5.82 Å². The average molecular weight is 352 g/mol. The number of aliphatic imine (C=N–C) groups is 1. The van der Waals surface area contributed by atoms with Crippen molar-refractivity contribution in [2.24, 2.45) is 4.99 Å². The summed E-state index contributed by atoms with van der Waals surface area (Å²) in [5.74, 6) is 0.474. The van der Waals surface area contributed by atoms with Gasteiger partial charge in [-0.3, -0.25) is 4.99 Å². The molecule has 0 amide bonds. The first kappa shape index (κ1) is 19.5. The molecule has 1 aliphatic heterocycles. The van der Waals surface area contributed by atoms with Crippen LogP contribution in [-0.2, 0) is 16.0 Å². The third-order valence-corrected chi connectivity index (χ3v) is 4.03. The fraction of sp³-hybridized carbons (Fsp3) is 0.611. The quantitative estimate of drug-likeness (QED) is 0.424. The monoisotopic (exact) mass is 352 g/mol. The van der Waals surface area contributed by atoms with E-state index in [1.54, 1.807) is 24.1 Å². The Bertz CT molecular complexity index is 560. The molecule has 0 radical (unpaired) electrons. The molecular formula is C18H29FN4O2. The number of ether oxygens (including phenoxy) is 2. The molecule has 7 heteroatoms. The maximum atomic E-state index is 14.0. The summed E-state index contributed by atoms with van der Waals surface area (Å²) in [7, 11) is 5.37. The lowest BCUT2D eigenvalue weighted by Crippen LogP contribution is -2.37. The molecule has 1 aromatic carbocycles. The van der Waals surface area contributed by atoms with Crippen LogP contribution >= 0.6 is 0 Å². The highest BCUT2D eigenvalue weighted by atomic mass is 19.1. The number of hydrogen-bond donors (Lipinski definition) is 2. The van der Waals surface area contributed by atoms with Crippen molar-refractivity contribution in [1.82, 2.24) is 10.6 Å². The predicted octanol–water partition coefficient (Wildman–Crippen LogP) is 1.75. The largest absolute Gasteiger partial charge is 0.379 e. The number of benzene rings is 1. The molecule has 0 bridgehead atoms. The molecule has 0 aliphatic carbocycles. The maximum Gasteiger partial charge on any atom is 0.191 e. The predicted molar refractivity (Wildman–Crippen MR) is 98.7 cm³/mol. The summed E-state index contributed by atoms with van der Waals surface area (Å²) in [4.78, 5) is 5.93. The van der Waals surface area contributed by atoms with Crippen molar-refractivity contribution in [3.8, 4) is 0 Å². The third-order valence-electron chi connectivity index (χ3n) is 4.03. The lowest BCUT2D eigenvalue weighted by Gasteiger charge is -2.15. The highest BCUT2D eigenvalue weighted by molar-refractivity contribution is 5.79. The zero-order chi connectivity index (χ0) is 18.1. The summed E-state index contributed by atoms with van der Waals surface area (Å²) in [5.41, 5.74) is 1.45. The van der Waals surface area contributed by atoms with Crippen LogP contribution in [0.4, 0.5) is 10.1 Å². The first-order chi connectivity index (χ1) is 12.1. The van der Waals surface area contributed by atoms with Crippen molar-refractivity contribution in [1.29, 1.82) is 0 Å². The van der Waals surface area contributed by atoms with Gasteiger partial charge in [-0.05, 0) is 30.5 Å². The van der Waals surface area contributed by atoms with Gasteiger partial charge < -0.3 is 25.0 Å². The molecule has 0 aromatic heterocycles. The first-order valence-electron chi connectivity index (χ1n) is 8.69. The number of hydrogen-bond acceptors (Lipinski definition) is 4. The Balaban J connectivity index is 1.66. The second-order valence-corrected chi connectivity index (χ2v) is 6.24. The van der Waals surface area contributed by atoms with Crippen molar-refractivity contribution in [2.75, 3.05) is 52.4 Å². The minimum Gasteiger partial charge on any atom is -0.379 e. The van der Waals surface area contributed by atoms with Gasteiger partial charge in [-0.25, -0.2) is 4.39 Å². The Morgan fingerprint density at radius 2 is 2.24 bits per heavy atom. The second kappa shape index (κ2) is 10.2. The highest BCUT2D eigenvalue weighted by Crippen LogP contribution is 2.18. The van der Waals surface area contributed by atoms with Gasteiger partial charge in [0.05, 0.1) is 18.4 Å². The van der Waals surface area contributed by atoms with E-state index >= 15 is 0 Å². The van der Waals surface area contributed by atoms with E-state index in [-0.39, 0.29) is 11.9 Å². The summed E-state index contributed by atoms with van der Waals surface area (Å²) in [5, 5.41) is 6.43. The number of rotatable bonds is 8. The van der Waals surface area contributed by atoms with Gasteiger partial charge in [0.25, 0.3) is 0 Å². The highest BCUT2D eigenvalue weighted by Gasteiger charge is 2.15.